The summed E-state index contributed by atoms with van der Waals surface area (Å²) in [4.78, 5) is 25.2. The SMILES string of the molecule is COc1ccc(F)c(F)c1C(=O)N1C[C@H]2C[C@@H](N3CCOCC3)[C@H](O)C[C@H]2C1.O=CO. The van der Waals surface area contributed by atoms with Crippen molar-refractivity contribution in [1.82, 2.24) is 9.80 Å². The summed E-state index contributed by atoms with van der Waals surface area (Å²) in [7, 11) is 1.33. The maximum Gasteiger partial charge on any atom is 0.290 e. The average molecular weight is 442 g/mol. The first-order valence-electron chi connectivity index (χ1n) is 10.3. The summed E-state index contributed by atoms with van der Waals surface area (Å²) in [6.45, 7) is 3.60. The van der Waals surface area contributed by atoms with Gasteiger partial charge >= 0.3 is 0 Å². The smallest absolute Gasteiger partial charge is 0.290 e. The van der Waals surface area contributed by atoms with Crippen molar-refractivity contribution in [2.45, 2.75) is 25.0 Å². The van der Waals surface area contributed by atoms with E-state index >= 15 is 0 Å². The number of hydrogen-bond donors (Lipinski definition) is 2. The number of nitrogens with zero attached hydrogens (tertiary/aromatic N) is 2. The van der Waals surface area contributed by atoms with Crippen molar-refractivity contribution < 1.29 is 38.1 Å². The second-order valence-corrected chi connectivity index (χ2v) is 8.03. The summed E-state index contributed by atoms with van der Waals surface area (Å²) >= 11 is 0. The van der Waals surface area contributed by atoms with E-state index in [-0.39, 0.29) is 35.7 Å². The first-order chi connectivity index (χ1) is 14.9. The third-order valence-electron chi connectivity index (χ3n) is 6.40. The number of hydrogen-bond acceptors (Lipinski definition) is 6. The minimum absolute atomic E-state index is 0.0324. The molecule has 0 unspecified atom stereocenters. The van der Waals surface area contributed by atoms with E-state index in [0.29, 0.717) is 32.7 Å². The molecule has 0 spiro atoms. The fraction of sp³-hybridized carbons (Fsp3) is 0.619. The molecule has 10 heteroatoms. The van der Waals surface area contributed by atoms with E-state index in [2.05, 4.69) is 4.90 Å². The van der Waals surface area contributed by atoms with E-state index in [4.69, 9.17) is 19.4 Å². The molecule has 2 saturated heterocycles. The Kier molecular flexibility index (Phi) is 7.79. The molecule has 31 heavy (non-hydrogen) atoms. The van der Waals surface area contributed by atoms with Gasteiger partial charge in [-0.2, -0.15) is 0 Å². The number of ether oxygens (including phenoxy) is 2. The molecule has 2 heterocycles. The number of rotatable bonds is 3. The van der Waals surface area contributed by atoms with Crippen molar-refractivity contribution in [1.29, 1.82) is 0 Å². The van der Waals surface area contributed by atoms with Crippen molar-refractivity contribution in [3.05, 3.63) is 29.3 Å². The maximum absolute atomic E-state index is 14.3. The summed E-state index contributed by atoms with van der Waals surface area (Å²) in [5.74, 6) is -2.36. The first kappa shape index (κ1) is 23.4. The molecule has 1 amide bonds. The van der Waals surface area contributed by atoms with E-state index in [1.807, 2.05) is 0 Å². The van der Waals surface area contributed by atoms with Crippen LogP contribution in [0.2, 0.25) is 0 Å². The Labute approximate surface area is 179 Å². The predicted molar refractivity (Wildman–Crippen MR) is 106 cm³/mol. The Morgan fingerprint density at radius 1 is 1.19 bits per heavy atom. The van der Waals surface area contributed by atoms with Crippen molar-refractivity contribution in [2.75, 3.05) is 46.5 Å². The van der Waals surface area contributed by atoms with E-state index in [0.717, 1.165) is 25.6 Å². The zero-order valence-corrected chi connectivity index (χ0v) is 17.4. The maximum atomic E-state index is 14.3. The molecule has 0 bridgehead atoms. The van der Waals surface area contributed by atoms with E-state index in [9.17, 15) is 18.7 Å². The van der Waals surface area contributed by atoms with Gasteiger partial charge in [-0.1, -0.05) is 0 Å². The van der Waals surface area contributed by atoms with Crippen LogP contribution in [-0.2, 0) is 9.53 Å². The number of amides is 1. The summed E-state index contributed by atoms with van der Waals surface area (Å²) in [6, 6.07) is 2.28. The van der Waals surface area contributed by atoms with E-state index in [1.54, 1.807) is 4.90 Å². The summed E-state index contributed by atoms with van der Waals surface area (Å²) < 4.78 is 38.5. The molecule has 1 saturated carbocycles. The largest absolute Gasteiger partial charge is 0.496 e. The quantitative estimate of drug-likeness (QED) is 0.679. The third kappa shape index (κ3) is 4.97. The van der Waals surface area contributed by atoms with Gasteiger partial charge in [0.2, 0.25) is 0 Å². The normalized spacial score (nSPS) is 28.3. The number of benzene rings is 1. The third-order valence-corrected chi connectivity index (χ3v) is 6.40. The number of carbonyl (C=O) groups is 2. The van der Waals surface area contributed by atoms with Gasteiger partial charge in [0.15, 0.2) is 11.6 Å². The van der Waals surface area contributed by atoms with Gasteiger partial charge in [0.05, 0.1) is 26.4 Å². The van der Waals surface area contributed by atoms with Crippen LogP contribution in [0.3, 0.4) is 0 Å². The van der Waals surface area contributed by atoms with Crippen LogP contribution in [0.4, 0.5) is 8.78 Å². The number of aliphatic hydroxyl groups excluding tert-OH is 1. The lowest BCUT2D eigenvalue weighted by molar-refractivity contribution is -0.122. The molecule has 2 N–H and O–H groups in total. The number of aliphatic hydroxyl groups is 1. The number of likely N-dealkylation sites (tertiary alicyclic amines) is 1. The Bertz CT molecular complexity index is 789. The number of morpholine rings is 1. The molecule has 1 aromatic carbocycles. The topological polar surface area (TPSA) is 99.5 Å². The summed E-state index contributed by atoms with van der Waals surface area (Å²) in [5, 5.41) is 17.5. The zero-order valence-electron chi connectivity index (χ0n) is 17.4. The molecule has 172 valence electrons. The van der Waals surface area contributed by atoms with Gasteiger partial charge in [-0.15, -0.1) is 0 Å². The molecule has 0 radical (unpaired) electrons. The monoisotopic (exact) mass is 442 g/mol. The number of fused-ring (bicyclic) bond motifs is 1. The second kappa shape index (κ2) is 10.3. The van der Waals surface area contributed by atoms with Crippen LogP contribution in [0.1, 0.15) is 23.2 Å². The fourth-order valence-corrected chi connectivity index (χ4v) is 4.94. The Morgan fingerprint density at radius 2 is 1.81 bits per heavy atom. The molecule has 4 atom stereocenters. The van der Waals surface area contributed by atoms with Crippen LogP contribution in [0.25, 0.3) is 0 Å². The van der Waals surface area contributed by atoms with E-state index in [1.165, 1.54) is 13.2 Å². The molecule has 1 aliphatic carbocycles. The first-order valence-corrected chi connectivity index (χ1v) is 10.3. The predicted octanol–water partition coefficient (Wildman–Crippen LogP) is 1.22. The molecular formula is C21H28F2N2O6. The number of carbonyl (C=O) groups excluding carboxylic acids is 1. The molecule has 4 rings (SSSR count). The van der Waals surface area contributed by atoms with Crippen LogP contribution in [0, 0.1) is 23.5 Å². The number of carboxylic acid groups (broad SMARTS) is 1. The highest BCUT2D eigenvalue weighted by Gasteiger charge is 2.45. The minimum atomic E-state index is -1.18. The molecule has 8 nitrogen and oxygen atoms in total. The molecular weight excluding hydrogens is 414 g/mol. The second-order valence-electron chi connectivity index (χ2n) is 8.03. The zero-order chi connectivity index (χ0) is 22.5. The molecule has 3 fully saturated rings. The highest BCUT2D eigenvalue weighted by Crippen LogP contribution is 2.39. The summed E-state index contributed by atoms with van der Waals surface area (Å²) in [5.41, 5.74) is -0.355. The van der Waals surface area contributed by atoms with Crippen molar-refractivity contribution in [3.63, 3.8) is 0 Å². The summed E-state index contributed by atoms with van der Waals surface area (Å²) in [6.07, 6.45) is 0.951. The van der Waals surface area contributed by atoms with E-state index < -0.39 is 23.6 Å². The number of halogens is 2. The van der Waals surface area contributed by atoms with Crippen LogP contribution < -0.4 is 4.74 Å². The van der Waals surface area contributed by atoms with Crippen molar-refractivity contribution >= 4 is 12.4 Å². The van der Waals surface area contributed by atoms with Crippen LogP contribution in [0.15, 0.2) is 12.1 Å². The number of methoxy groups -OCH3 is 1. The van der Waals surface area contributed by atoms with Gasteiger partial charge in [-0.05, 0) is 36.8 Å². The lowest BCUT2D eigenvalue weighted by atomic mass is 9.77. The molecule has 0 aromatic heterocycles. The Morgan fingerprint density at radius 3 is 2.42 bits per heavy atom. The standard InChI is InChI=1S/C20H26F2N2O4.CH2O2/c1-27-17-3-2-14(21)19(22)18(17)20(26)24-10-12-8-15(16(25)9-13(12)11-24)23-4-6-28-7-5-23;2-1-3/h2-3,12-13,15-16,25H,4-11H2,1H3;1H,(H,2,3)/t12-,13+,15-,16-;/m1./s1. The Balaban J connectivity index is 0.000000858. The molecule has 3 aliphatic rings. The fourth-order valence-electron chi connectivity index (χ4n) is 4.94. The van der Waals surface area contributed by atoms with Crippen LogP contribution in [-0.4, -0.2) is 91.0 Å². The average Bonchev–Trinajstić information content (AvgIpc) is 3.18. The van der Waals surface area contributed by atoms with Crippen molar-refractivity contribution in [2.24, 2.45) is 11.8 Å². The van der Waals surface area contributed by atoms with Crippen molar-refractivity contribution in [3.8, 4) is 5.75 Å². The minimum Gasteiger partial charge on any atom is -0.496 e. The highest BCUT2D eigenvalue weighted by molar-refractivity contribution is 5.97. The van der Waals surface area contributed by atoms with Gasteiger partial charge in [0.1, 0.15) is 11.3 Å². The van der Waals surface area contributed by atoms with Gasteiger partial charge in [0.25, 0.3) is 12.4 Å². The molecule has 1 aromatic rings. The Hall–Kier alpha value is -2.30. The highest BCUT2D eigenvalue weighted by atomic mass is 19.2. The lowest BCUT2D eigenvalue weighted by Crippen LogP contribution is -2.53. The molecule has 2 aliphatic heterocycles. The van der Waals surface area contributed by atoms with Crippen LogP contribution >= 0.6 is 0 Å². The van der Waals surface area contributed by atoms with Gasteiger partial charge in [-0.3, -0.25) is 14.5 Å². The van der Waals surface area contributed by atoms with Gasteiger partial charge in [-0.25, -0.2) is 8.78 Å². The van der Waals surface area contributed by atoms with Gasteiger partial charge in [0, 0.05) is 32.2 Å². The van der Waals surface area contributed by atoms with Crippen LogP contribution in [0.5, 0.6) is 5.75 Å². The van der Waals surface area contributed by atoms with Gasteiger partial charge < -0.3 is 24.6 Å². The lowest BCUT2D eigenvalue weighted by Gasteiger charge is -2.43.